The van der Waals surface area contributed by atoms with Crippen LogP contribution in [-0.4, -0.2) is 24.4 Å². The van der Waals surface area contributed by atoms with Gasteiger partial charge in [0.1, 0.15) is 16.2 Å². The Hall–Kier alpha value is -2.48. The van der Waals surface area contributed by atoms with Gasteiger partial charge in [-0.05, 0) is 25.0 Å². The lowest BCUT2D eigenvalue weighted by Gasteiger charge is -2.14. The summed E-state index contributed by atoms with van der Waals surface area (Å²) in [5.74, 6) is -0.258. The average molecular weight is 386 g/mol. The van der Waals surface area contributed by atoms with E-state index in [1.54, 1.807) is 25.2 Å². The van der Waals surface area contributed by atoms with Crippen molar-refractivity contribution in [2.24, 2.45) is 14.1 Å². The van der Waals surface area contributed by atoms with Gasteiger partial charge in [0.05, 0.1) is 5.56 Å². The lowest BCUT2D eigenvalue weighted by molar-refractivity contribution is 0.629. The van der Waals surface area contributed by atoms with Crippen molar-refractivity contribution in [3.63, 3.8) is 0 Å². The van der Waals surface area contributed by atoms with E-state index in [9.17, 15) is 14.0 Å². The number of hydrogen-bond donors (Lipinski definition) is 0. The van der Waals surface area contributed by atoms with Crippen molar-refractivity contribution < 1.29 is 4.39 Å². The largest absolute Gasteiger partial charge is 0.332 e. The molecule has 0 radical (unpaired) electrons. The van der Waals surface area contributed by atoms with E-state index < -0.39 is 17.1 Å². The molecule has 1 fully saturated rings. The first kappa shape index (κ1) is 17.9. The first-order valence-electron chi connectivity index (χ1n) is 8.86. The minimum Gasteiger partial charge on any atom is -0.280 e. The Labute approximate surface area is 159 Å². The van der Waals surface area contributed by atoms with Gasteiger partial charge in [-0.3, -0.25) is 13.9 Å². The van der Waals surface area contributed by atoms with Gasteiger partial charge in [-0.15, -0.1) is 11.8 Å². The second-order valence-electron chi connectivity index (χ2n) is 6.76. The lowest BCUT2D eigenvalue weighted by Crippen LogP contribution is -2.37. The molecule has 3 aromatic rings. The number of nitrogens with zero attached hydrogens (tertiary/aromatic N) is 4. The summed E-state index contributed by atoms with van der Waals surface area (Å²) in [6, 6.07) is 6.24. The molecule has 2 heterocycles. The quantitative estimate of drug-likeness (QED) is 0.648. The molecule has 0 spiro atoms. The molecule has 0 atom stereocenters. The summed E-state index contributed by atoms with van der Waals surface area (Å²) >= 11 is 1.53. The van der Waals surface area contributed by atoms with Gasteiger partial charge < -0.3 is 0 Å². The third-order valence-electron chi connectivity index (χ3n) is 4.96. The number of rotatable bonds is 3. The summed E-state index contributed by atoms with van der Waals surface area (Å²) in [5.41, 5.74) is -0.408. The van der Waals surface area contributed by atoms with Crippen LogP contribution in [0.4, 0.5) is 4.39 Å². The zero-order valence-electron chi connectivity index (χ0n) is 15.1. The van der Waals surface area contributed by atoms with Crippen molar-refractivity contribution in [1.82, 2.24) is 19.1 Å². The molecule has 0 unspecified atom stereocenters. The molecule has 140 valence electrons. The van der Waals surface area contributed by atoms with Crippen molar-refractivity contribution in [1.29, 1.82) is 0 Å². The Morgan fingerprint density at radius 2 is 1.78 bits per heavy atom. The number of aromatic nitrogens is 4. The summed E-state index contributed by atoms with van der Waals surface area (Å²) in [6.45, 7) is 0. The minimum atomic E-state index is -0.470. The summed E-state index contributed by atoms with van der Waals surface area (Å²) in [6.07, 6.45) is 4.41. The number of halogens is 1. The Morgan fingerprint density at radius 3 is 2.48 bits per heavy atom. The van der Waals surface area contributed by atoms with Crippen LogP contribution in [0.5, 0.6) is 0 Å². The third kappa shape index (κ3) is 3.07. The molecular weight excluding hydrogens is 367 g/mol. The van der Waals surface area contributed by atoms with E-state index >= 15 is 0 Å². The summed E-state index contributed by atoms with van der Waals surface area (Å²) in [4.78, 5) is 34.1. The maximum Gasteiger partial charge on any atom is 0.332 e. The fourth-order valence-corrected chi connectivity index (χ4v) is 4.76. The van der Waals surface area contributed by atoms with E-state index in [0.29, 0.717) is 15.7 Å². The lowest BCUT2D eigenvalue weighted by atomic mass is 10.2. The molecular formula is C19H19FN4O2S. The van der Waals surface area contributed by atoms with E-state index in [1.165, 1.54) is 29.4 Å². The number of fused-ring (bicyclic) bond motifs is 1. The number of aryl methyl sites for hydroxylation is 1. The molecule has 0 bridgehead atoms. The van der Waals surface area contributed by atoms with Crippen LogP contribution in [-0.2, 0) is 14.1 Å². The summed E-state index contributed by atoms with van der Waals surface area (Å²) in [7, 11) is 3.01. The highest BCUT2D eigenvalue weighted by molar-refractivity contribution is 8.00. The monoisotopic (exact) mass is 386 g/mol. The van der Waals surface area contributed by atoms with Crippen LogP contribution in [0.2, 0.25) is 0 Å². The first-order valence-corrected chi connectivity index (χ1v) is 9.74. The van der Waals surface area contributed by atoms with Crippen LogP contribution < -0.4 is 11.2 Å². The Bertz CT molecular complexity index is 1150. The molecule has 6 nitrogen and oxygen atoms in total. The van der Waals surface area contributed by atoms with Gasteiger partial charge in [-0.25, -0.2) is 19.2 Å². The molecule has 1 aliphatic carbocycles. The second kappa shape index (κ2) is 6.92. The Morgan fingerprint density at radius 1 is 1.07 bits per heavy atom. The van der Waals surface area contributed by atoms with E-state index in [-0.39, 0.29) is 17.0 Å². The Kier molecular flexibility index (Phi) is 4.59. The van der Waals surface area contributed by atoms with Crippen LogP contribution >= 0.6 is 11.8 Å². The van der Waals surface area contributed by atoms with Gasteiger partial charge in [0.2, 0.25) is 0 Å². The normalized spacial score (nSPS) is 14.9. The van der Waals surface area contributed by atoms with Crippen molar-refractivity contribution in [2.45, 2.75) is 36.0 Å². The summed E-state index contributed by atoms with van der Waals surface area (Å²) < 4.78 is 16.7. The molecule has 27 heavy (non-hydrogen) atoms. The smallest absolute Gasteiger partial charge is 0.280 e. The van der Waals surface area contributed by atoms with Crippen LogP contribution in [0.15, 0.2) is 38.9 Å². The van der Waals surface area contributed by atoms with Gasteiger partial charge in [-0.2, -0.15) is 0 Å². The van der Waals surface area contributed by atoms with E-state index in [2.05, 4.69) is 9.97 Å². The predicted octanol–water partition coefficient (Wildman–Crippen LogP) is 2.87. The van der Waals surface area contributed by atoms with Crippen LogP contribution in [0.25, 0.3) is 22.4 Å². The van der Waals surface area contributed by atoms with Crippen LogP contribution in [0.3, 0.4) is 0 Å². The van der Waals surface area contributed by atoms with Crippen LogP contribution in [0.1, 0.15) is 25.7 Å². The van der Waals surface area contributed by atoms with Gasteiger partial charge in [0.15, 0.2) is 11.5 Å². The number of hydrogen-bond acceptors (Lipinski definition) is 5. The second-order valence-corrected chi connectivity index (χ2v) is 8.05. The number of benzene rings is 1. The van der Waals surface area contributed by atoms with Crippen molar-refractivity contribution in [3.05, 3.63) is 50.9 Å². The van der Waals surface area contributed by atoms with E-state index in [4.69, 9.17) is 0 Å². The zero-order chi connectivity index (χ0) is 19.1. The first-order chi connectivity index (χ1) is 13.0. The molecule has 1 aromatic carbocycles. The maximum absolute atomic E-state index is 14.3. The SMILES string of the molecule is Cn1c(=O)c2c(SC3CCCC3)nc(-c3ccccc3F)nc2n(C)c1=O. The van der Waals surface area contributed by atoms with Crippen molar-refractivity contribution in [2.75, 3.05) is 0 Å². The molecule has 8 heteroatoms. The highest BCUT2D eigenvalue weighted by Crippen LogP contribution is 2.36. The Balaban J connectivity index is 2.03. The number of thioether (sulfide) groups is 1. The fourth-order valence-electron chi connectivity index (χ4n) is 3.44. The van der Waals surface area contributed by atoms with Gasteiger partial charge >= 0.3 is 5.69 Å². The zero-order valence-corrected chi connectivity index (χ0v) is 15.9. The van der Waals surface area contributed by atoms with Crippen LogP contribution in [0, 0.1) is 5.82 Å². The molecule has 1 saturated carbocycles. The van der Waals surface area contributed by atoms with Gasteiger partial charge in [-0.1, -0.05) is 25.0 Å². The van der Waals surface area contributed by atoms with E-state index in [1.807, 2.05) is 0 Å². The molecule has 1 aliphatic rings. The van der Waals surface area contributed by atoms with Gasteiger partial charge in [0, 0.05) is 19.3 Å². The van der Waals surface area contributed by atoms with Crippen molar-refractivity contribution in [3.8, 4) is 11.4 Å². The molecule has 0 N–H and O–H groups in total. The maximum atomic E-state index is 14.3. The average Bonchev–Trinajstić information content (AvgIpc) is 3.17. The highest BCUT2D eigenvalue weighted by atomic mass is 32.2. The molecule has 0 aliphatic heterocycles. The predicted molar refractivity (Wildman–Crippen MR) is 104 cm³/mol. The summed E-state index contributed by atoms with van der Waals surface area (Å²) in [5, 5.41) is 1.19. The molecule has 0 amide bonds. The molecule has 4 rings (SSSR count). The third-order valence-corrected chi connectivity index (χ3v) is 6.29. The van der Waals surface area contributed by atoms with Crippen molar-refractivity contribution >= 4 is 22.8 Å². The van der Waals surface area contributed by atoms with Gasteiger partial charge in [0.25, 0.3) is 5.56 Å². The van der Waals surface area contributed by atoms with E-state index in [0.717, 1.165) is 30.3 Å². The molecule has 0 saturated heterocycles. The highest BCUT2D eigenvalue weighted by Gasteiger charge is 2.23. The topological polar surface area (TPSA) is 69.8 Å². The minimum absolute atomic E-state index is 0.185. The fraction of sp³-hybridized carbons (Fsp3) is 0.368. The molecule has 2 aromatic heterocycles. The standard InChI is InChI=1S/C19H19FN4O2S/c1-23-16-14(18(25)24(2)19(23)26)17(27-11-7-3-4-8-11)22-15(21-16)12-9-5-6-10-13(12)20/h5-6,9-11H,3-4,7-8H2,1-2H3.